The van der Waals surface area contributed by atoms with E-state index in [0.717, 1.165) is 31.0 Å². The molecule has 0 aromatic rings. The molecular formula is C20H31ClO2. The van der Waals surface area contributed by atoms with Gasteiger partial charge in [0.05, 0.1) is 13.2 Å². The number of halogens is 1. The minimum absolute atomic E-state index is 0.0387. The van der Waals surface area contributed by atoms with Gasteiger partial charge in [-0.3, -0.25) is 0 Å². The van der Waals surface area contributed by atoms with E-state index in [-0.39, 0.29) is 6.29 Å². The van der Waals surface area contributed by atoms with Crippen molar-refractivity contribution in [3.8, 4) is 0 Å². The van der Waals surface area contributed by atoms with Gasteiger partial charge in [0.2, 0.25) is 0 Å². The number of rotatable bonds is 4. The molecule has 3 rings (SSSR count). The first kappa shape index (κ1) is 17.5. The Balaban J connectivity index is 1.40. The summed E-state index contributed by atoms with van der Waals surface area (Å²) < 4.78 is 11.9. The number of hydrogen-bond donors (Lipinski definition) is 0. The highest BCUT2D eigenvalue weighted by Crippen LogP contribution is 2.43. The zero-order chi connectivity index (χ0) is 16.1. The molecule has 2 aliphatic carbocycles. The largest absolute Gasteiger partial charge is 0.352 e. The van der Waals surface area contributed by atoms with Gasteiger partial charge in [0.1, 0.15) is 0 Å². The summed E-state index contributed by atoms with van der Waals surface area (Å²) in [5.74, 6) is 3.57. The van der Waals surface area contributed by atoms with Crippen molar-refractivity contribution in [2.45, 2.75) is 57.7 Å². The van der Waals surface area contributed by atoms with E-state index in [9.17, 15) is 0 Å². The van der Waals surface area contributed by atoms with Crippen molar-refractivity contribution in [2.75, 3.05) is 13.2 Å². The van der Waals surface area contributed by atoms with Gasteiger partial charge in [-0.05, 0) is 69.1 Å². The Morgan fingerprint density at radius 2 is 1.26 bits per heavy atom. The molecule has 23 heavy (non-hydrogen) atoms. The highest BCUT2D eigenvalue weighted by Gasteiger charge is 2.35. The number of hydrogen-bond acceptors (Lipinski definition) is 2. The van der Waals surface area contributed by atoms with E-state index in [0.29, 0.717) is 11.8 Å². The van der Waals surface area contributed by atoms with Crippen LogP contribution in [0.5, 0.6) is 0 Å². The predicted molar refractivity (Wildman–Crippen MR) is 95.3 cm³/mol. The molecule has 2 saturated carbocycles. The van der Waals surface area contributed by atoms with Gasteiger partial charge in [-0.15, -0.1) is 6.58 Å². The van der Waals surface area contributed by atoms with Crippen molar-refractivity contribution >= 4 is 11.6 Å². The van der Waals surface area contributed by atoms with Gasteiger partial charge in [-0.25, -0.2) is 0 Å². The van der Waals surface area contributed by atoms with Crippen molar-refractivity contribution < 1.29 is 9.47 Å². The molecule has 3 fully saturated rings. The lowest BCUT2D eigenvalue weighted by molar-refractivity contribution is -0.223. The quantitative estimate of drug-likeness (QED) is 0.628. The summed E-state index contributed by atoms with van der Waals surface area (Å²) in [7, 11) is 0. The summed E-state index contributed by atoms with van der Waals surface area (Å²) in [6.07, 6.45) is 14.9. The Kier molecular flexibility index (Phi) is 6.62. The highest BCUT2D eigenvalue weighted by molar-refractivity contribution is 6.25. The molecule has 3 heteroatoms. The summed E-state index contributed by atoms with van der Waals surface area (Å²) in [6, 6.07) is 0. The second kappa shape index (κ2) is 8.69. The first-order valence-corrected chi connectivity index (χ1v) is 9.86. The lowest BCUT2D eigenvalue weighted by Crippen LogP contribution is -2.38. The van der Waals surface area contributed by atoms with Crippen molar-refractivity contribution in [2.24, 2.45) is 29.6 Å². The molecule has 130 valence electrons. The zero-order valence-electron chi connectivity index (χ0n) is 14.2. The van der Waals surface area contributed by atoms with Crippen LogP contribution < -0.4 is 0 Å². The van der Waals surface area contributed by atoms with E-state index in [1.165, 1.54) is 51.4 Å². The molecule has 0 aromatic carbocycles. The summed E-state index contributed by atoms with van der Waals surface area (Å²) in [4.78, 5) is 0. The molecule has 2 nitrogen and oxygen atoms in total. The summed E-state index contributed by atoms with van der Waals surface area (Å²) in [5, 5.41) is 0. The van der Waals surface area contributed by atoms with Gasteiger partial charge < -0.3 is 9.47 Å². The van der Waals surface area contributed by atoms with E-state index >= 15 is 0 Å². The fraction of sp³-hybridized carbons (Fsp3) is 0.800. The van der Waals surface area contributed by atoms with Crippen LogP contribution in [0, 0.1) is 29.6 Å². The van der Waals surface area contributed by atoms with Crippen molar-refractivity contribution in [1.82, 2.24) is 0 Å². The van der Waals surface area contributed by atoms with E-state index < -0.39 is 0 Å². The van der Waals surface area contributed by atoms with Crippen molar-refractivity contribution in [3.63, 3.8) is 0 Å². The molecule has 1 aliphatic heterocycles. The van der Waals surface area contributed by atoms with Crippen molar-refractivity contribution in [3.05, 3.63) is 24.3 Å². The topological polar surface area (TPSA) is 18.5 Å². The second-order valence-electron chi connectivity index (χ2n) is 7.70. The minimum atomic E-state index is 0.0387. The summed E-state index contributed by atoms with van der Waals surface area (Å²) in [6.45, 7) is 5.40. The summed E-state index contributed by atoms with van der Waals surface area (Å²) in [5.41, 5.74) is 1.71. The minimum Gasteiger partial charge on any atom is -0.352 e. The molecule has 0 unspecified atom stereocenters. The van der Waals surface area contributed by atoms with Crippen LogP contribution in [-0.2, 0) is 9.47 Å². The maximum atomic E-state index is 5.93. The monoisotopic (exact) mass is 338 g/mol. The van der Waals surface area contributed by atoms with Gasteiger partial charge in [-0.1, -0.05) is 23.8 Å². The average Bonchev–Trinajstić information content (AvgIpc) is 2.63. The molecule has 0 radical (unpaired) electrons. The Bertz CT molecular complexity index is 384. The fourth-order valence-corrected chi connectivity index (χ4v) is 4.95. The van der Waals surface area contributed by atoms with Gasteiger partial charge in [0.15, 0.2) is 6.29 Å². The highest BCUT2D eigenvalue weighted by atomic mass is 35.5. The Morgan fingerprint density at radius 3 is 1.78 bits per heavy atom. The van der Waals surface area contributed by atoms with Crippen LogP contribution in [0.15, 0.2) is 24.3 Å². The Labute approximate surface area is 146 Å². The summed E-state index contributed by atoms with van der Waals surface area (Å²) >= 11 is 5.72. The normalized spacial score (nSPS) is 42.7. The third kappa shape index (κ3) is 4.61. The maximum Gasteiger partial charge on any atom is 0.160 e. The molecule has 0 amide bonds. The zero-order valence-corrected chi connectivity index (χ0v) is 14.9. The van der Waals surface area contributed by atoms with Crippen molar-refractivity contribution in [1.29, 1.82) is 0 Å². The fourth-order valence-electron chi connectivity index (χ4n) is 4.74. The van der Waals surface area contributed by atoms with E-state index in [2.05, 4.69) is 12.7 Å². The molecule has 1 saturated heterocycles. The lowest BCUT2D eigenvalue weighted by atomic mass is 9.69. The lowest BCUT2D eigenvalue weighted by Gasteiger charge is -2.40. The molecule has 0 spiro atoms. The van der Waals surface area contributed by atoms with E-state index in [1.54, 1.807) is 5.54 Å². The second-order valence-corrected chi connectivity index (χ2v) is 7.95. The van der Waals surface area contributed by atoms with Gasteiger partial charge in [0, 0.05) is 17.4 Å². The third-order valence-electron chi connectivity index (χ3n) is 6.31. The van der Waals surface area contributed by atoms with Gasteiger partial charge in [-0.2, -0.15) is 0 Å². The average molecular weight is 339 g/mol. The van der Waals surface area contributed by atoms with Crippen LogP contribution >= 0.6 is 11.6 Å². The predicted octanol–water partition coefficient (Wildman–Crippen LogP) is 5.53. The van der Waals surface area contributed by atoms with Crippen LogP contribution in [0.2, 0.25) is 0 Å². The van der Waals surface area contributed by atoms with E-state index in [1.807, 2.05) is 6.08 Å². The van der Waals surface area contributed by atoms with Crippen LogP contribution in [0.1, 0.15) is 51.4 Å². The molecule has 0 bridgehead atoms. The Morgan fingerprint density at radius 1 is 0.739 bits per heavy atom. The molecule has 0 N–H and O–H groups in total. The van der Waals surface area contributed by atoms with E-state index in [4.69, 9.17) is 21.1 Å². The first-order chi connectivity index (χ1) is 11.3. The third-order valence-corrected chi connectivity index (χ3v) is 6.46. The van der Waals surface area contributed by atoms with Gasteiger partial charge in [0.25, 0.3) is 0 Å². The standard InChI is InChI=1S/C20H31ClO2/c1-2-15-13-22-20(23-14-15)19-9-7-18(8-10-19)17-5-3-16(4-6-17)11-12-21/h2,11-12,15-20H,1,3-10,13-14H2. The number of allylic oxidation sites excluding steroid dienone is 1. The van der Waals surface area contributed by atoms with Crippen LogP contribution in [0.25, 0.3) is 0 Å². The van der Waals surface area contributed by atoms with Gasteiger partial charge >= 0.3 is 0 Å². The molecular weight excluding hydrogens is 308 g/mol. The van der Waals surface area contributed by atoms with Crippen LogP contribution in [-0.4, -0.2) is 19.5 Å². The first-order valence-electron chi connectivity index (χ1n) is 9.42. The smallest absolute Gasteiger partial charge is 0.160 e. The molecule has 1 heterocycles. The molecule has 3 aliphatic rings. The molecule has 0 aromatic heterocycles. The maximum absolute atomic E-state index is 5.93. The SMILES string of the molecule is C=CC1COC(C2CCC(C3CCC(C=CCl)CC3)CC2)OC1. The van der Waals surface area contributed by atoms with Crippen LogP contribution in [0.3, 0.4) is 0 Å². The van der Waals surface area contributed by atoms with Crippen LogP contribution in [0.4, 0.5) is 0 Å². The molecule has 0 atom stereocenters. The Hall–Kier alpha value is -0.310. The number of ether oxygens (including phenoxy) is 2.